The second-order valence-electron chi connectivity index (χ2n) is 2.34. The predicted octanol–water partition coefficient (Wildman–Crippen LogP) is 3.56. The maximum absolute atomic E-state index is 4.14. The van der Waals surface area contributed by atoms with E-state index in [9.17, 15) is 0 Å². The highest BCUT2D eigenvalue weighted by Gasteiger charge is 2.00. The van der Waals surface area contributed by atoms with Crippen LogP contribution in [0, 0.1) is 0 Å². The van der Waals surface area contributed by atoms with Crippen molar-refractivity contribution >= 4 is 38.6 Å². The van der Waals surface area contributed by atoms with Crippen molar-refractivity contribution in [1.29, 1.82) is 0 Å². The van der Waals surface area contributed by atoms with Crippen LogP contribution in [-0.4, -0.2) is 4.98 Å². The Morgan fingerprint density at radius 1 is 1.42 bits per heavy atom. The van der Waals surface area contributed by atoms with Crippen LogP contribution < -0.4 is 0 Å². The Morgan fingerprint density at radius 2 is 2.33 bits per heavy atom. The van der Waals surface area contributed by atoms with Gasteiger partial charge < -0.3 is 0 Å². The summed E-state index contributed by atoms with van der Waals surface area (Å²) in [5, 5.41) is 2.10. The number of thiazole rings is 1. The number of hydrogen-bond donors (Lipinski definition) is 0. The lowest BCUT2D eigenvalue weighted by atomic mass is 10.3. The Morgan fingerprint density at radius 3 is 2.92 bits per heavy atom. The standard InChI is InChI=1S/C8H6BrNS2/c9-8-10-5-7(12-8)4-6-2-1-3-11-6/h1-3,5H,4H2. The molecule has 0 spiro atoms. The van der Waals surface area contributed by atoms with E-state index in [2.05, 4.69) is 38.4 Å². The van der Waals surface area contributed by atoms with Gasteiger partial charge in [-0.1, -0.05) is 6.07 Å². The Bertz CT molecular complexity index is 353. The fraction of sp³-hybridized carbons (Fsp3) is 0.125. The summed E-state index contributed by atoms with van der Waals surface area (Å²) in [6.45, 7) is 0. The van der Waals surface area contributed by atoms with Gasteiger partial charge in [-0.25, -0.2) is 4.98 Å². The minimum absolute atomic E-state index is 0.967. The molecule has 2 heterocycles. The number of rotatable bonds is 2. The molecular weight excluding hydrogens is 254 g/mol. The van der Waals surface area contributed by atoms with Gasteiger partial charge in [0.05, 0.1) is 0 Å². The van der Waals surface area contributed by atoms with Gasteiger partial charge in [0.15, 0.2) is 3.92 Å². The summed E-state index contributed by atoms with van der Waals surface area (Å²) in [6.07, 6.45) is 2.94. The number of hydrogen-bond acceptors (Lipinski definition) is 3. The van der Waals surface area contributed by atoms with Gasteiger partial charge in [0, 0.05) is 22.4 Å². The second-order valence-corrected chi connectivity index (χ2v) is 5.76. The fourth-order valence-corrected chi connectivity index (χ4v) is 3.15. The van der Waals surface area contributed by atoms with Crippen molar-refractivity contribution in [2.75, 3.05) is 0 Å². The van der Waals surface area contributed by atoms with Gasteiger partial charge in [-0.2, -0.15) is 0 Å². The molecule has 0 atom stereocenters. The summed E-state index contributed by atoms with van der Waals surface area (Å²) in [4.78, 5) is 6.84. The molecule has 0 fully saturated rings. The van der Waals surface area contributed by atoms with E-state index < -0.39 is 0 Å². The Hall–Kier alpha value is -0.190. The molecule has 2 rings (SSSR count). The molecule has 0 radical (unpaired) electrons. The third-order valence-electron chi connectivity index (χ3n) is 1.45. The molecule has 0 aliphatic heterocycles. The van der Waals surface area contributed by atoms with Gasteiger partial charge in [-0.3, -0.25) is 0 Å². The number of halogens is 1. The summed E-state index contributed by atoms with van der Waals surface area (Å²) in [7, 11) is 0. The zero-order valence-corrected chi connectivity index (χ0v) is 9.38. The van der Waals surface area contributed by atoms with Gasteiger partial charge in [0.2, 0.25) is 0 Å². The lowest BCUT2D eigenvalue weighted by Gasteiger charge is -1.89. The quantitative estimate of drug-likeness (QED) is 0.804. The maximum Gasteiger partial charge on any atom is 0.159 e. The first-order valence-electron chi connectivity index (χ1n) is 3.47. The monoisotopic (exact) mass is 259 g/mol. The van der Waals surface area contributed by atoms with E-state index in [1.54, 1.807) is 22.7 Å². The molecule has 0 amide bonds. The average Bonchev–Trinajstić information content (AvgIpc) is 2.63. The Balaban J connectivity index is 2.14. The molecule has 0 N–H and O–H groups in total. The molecule has 62 valence electrons. The molecule has 0 aromatic carbocycles. The van der Waals surface area contributed by atoms with Gasteiger partial charge in [-0.15, -0.1) is 22.7 Å². The van der Waals surface area contributed by atoms with Crippen LogP contribution >= 0.6 is 38.6 Å². The van der Waals surface area contributed by atoms with Crippen LogP contribution in [0.5, 0.6) is 0 Å². The van der Waals surface area contributed by atoms with E-state index in [-0.39, 0.29) is 0 Å². The molecule has 2 aromatic heterocycles. The van der Waals surface area contributed by atoms with Crippen molar-refractivity contribution in [2.24, 2.45) is 0 Å². The van der Waals surface area contributed by atoms with E-state index in [0.717, 1.165) is 10.3 Å². The summed E-state index contributed by atoms with van der Waals surface area (Å²) in [5.41, 5.74) is 0. The third kappa shape index (κ3) is 1.94. The van der Waals surface area contributed by atoms with Crippen LogP contribution in [0.4, 0.5) is 0 Å². The molecule has 2 aromatic rings. The van der Waals surface area contributed by atoms with E-state index in [1.165, 1.54) is 9.75 Å². The highest BCUT2D eigenvalue weighted by Crippen LogP contribution is 2.22. The van der Waals surface area contributed by atoms with Crippen molar-refractivity contribution in [3.05, 3.63) is 37.4 Å². The van der Waals surface area contributed by atoms with E-state index in [1.807, 2.05) is 6.20 Å². The summed E-state index contributed by atoms with van der Waals surface area (Å²) < 4.78 is 0.967. The van der Waals surface area contributed by atoms with Crippen molar-refractivity contribution in [3.8, 4) is 0 Å². The van der Waals surface area contributed by atoms with E-state index in [0.29, 0.717) is 0 Å². The smallest absolute Gasteiger partial charge is 0.159 e. The van der Waals surface area contributed by atoms with Gasteiger partial charge >= 0.3 is 0 Å². The molecule has 12 heavy (non-hydrogen) atoms. The minimum atomic E-state index is 0.967. The molecular formula is C8H6BrNS2. The average molecular weight is 260 g/mol. The van der Waals surface area contributed by atoms with Gasteiger partial charge in [-0.05, 0) is 27.4 Å². The first-order valence-corrected chi connectivity index (χ1v) is 5.96. The molecule has 4 heteroatoms. The van der Waals surface area contributed by atoms with E-state index in [4.69, 9.17) is 0 Å². The largest absolute Gasteiger partial charge is 0.237 e. The molecule has 0 bridgehead atoms. The molecule has 0 saturated carbocycles. The Kier molecular flexibility index (Phi) is 2.58. The van der Waals surface area contributed by atoms with Crippen molar-refractivity contribution in [2.45, 2.75) is 6.42 Å². The summed E-state index contributed by atoms with van der Waals surface area (Å²) >= 11 is 6.84. The predicted molar refractivity (Wildman–Crippen MR) is 56.9 cm³/mol. The van der Waals surface area contributed by atoms with Crippen LogP contribution in [0.2, 0.25) is 0 Å². The SMILES string of the molecule is Brc1ncc(Cc2cccs2)s1. The van der Waals surface area contributed by atoms with Crippen LogP contribution in [0.3, 0.4) is 0 Å². The normalized spacial score (nSPS) is 10.4. The lowest BCUT2D eigenvalue weighted by Crippen LogP contribution is -1.76. The highest BCUT2D eigenvalue weighted by atomic mass is 79.9. The first kappa shape index (κ1) is 8.41. The topological polar surface area (TPSA) is 12.9 Å². The highest BCUT2D eigenvalue weighted by molar-refractivity contribution is 9.11. The zero-order chi connectivity index (χ0) is 8.39. The zero-order valence-electron chi connectivity index (χ0n) is 6.16. The number of thiophene rings is 1. The van der Waals surface area contributed by atoms with Crippen molar-refractivity contribution in [3.63, 3.8) is 0 Å². The van der Waals surface area contributed by atoms with Crippen LogP contribution in [0.25, 0.3) is 0 Å². The van der Waals surface area contributed by atoms with E-state index >= 15 is 0 Å². The number of nitrogens with zero attached hydrogens (tertiary/aromatic N) is 1. The van der Waals surface area contributed by atoms with Crippen molar-refractivity contribution < 1.29 is 0 Å². The molecule has 0 unspecified atom stereocenters. The number of aromatic nitrogens is 1. The third-order valence-corrected chi connectivity index (χ3v) is 3.81. The van der Waals surface area contributed by atoms with Crippen LogP contribution in [0.1, 0.15) is 9.75 Å². The minimum Gasteiger partial charge on any atom is -0.237 e. The van der Waals surface area contributed by atoms with Crippen LogP contribution in [-0.2, 0) is 6.42 Å². The maximum atomic E-state index is 4.14. The van der Waals surface area contributed by atoms with Crippen molar-refractivity contribution in [1.82, 2.24) is 4.98 Å². The van der Waals surface area contributed by atoms with Crippen LogP contribution in [0.15, 0.2) is 27.6 Å². The molecule has 1 nitrogen and oxygen atoms in total. The lowest BCUT2D eigenvalue weighted by molar-refractivity contribution is 1.26. The summed E-state index contributed by atoms with van der Waals surface area (Å²) in [5.74, 6) is 0. The van der Waals surface area contributed by atoms with Gasteiger partial charge in [0.1, 0.15) is 0 Å². The first-order chi connectivity index (χ1) is 5.84. The fourth-order valence-electron chi connectivity index (χ4n) is 0.950. The van der Waals surface area contributed by atoms with Gasteiger partial charge in [0.25, 0.3) is 0 Å². The molecule has 0 aliphatic rings. The summed E-state index contributed by atoms with van der Waals surface area (Å²) in [6, 6.07) is 4.23. The molecule has 0 aliphatic carbocycles. The second kappa shape index (κ2) is 3.68. The molecule has 0 saturated heterocycles. The Labute approximate surface area is 87.2 Å².